The molecule has 6 heteroatoms. The molecular weight excluding hydrogens is 266 g/mol. The molecule has 0 aromatic carbocycles. The average molecular weight is 284 g/mol. The lowest BCUT2D eigenvalue weighted by Crippen LogP contribution is -2.52. The zero-order valence-corrected chi connectivity index (χ0v) is 11.4. The highest BCUT2D eigenvalue weighted by Crippen LogP contribution is 2.27. The minimum atomic E-state index is -0.692. The summed E-state index contributed by atoms with van der Waals surface area (Å²) < 4.78 is 5.38. The molecule has 19 heavy (non-hydrogen) atoms. The smallest absolute Gasteiger partial charge is 0.240 e. The van der Waals surface area contributed by atoms with Gasteiger partial charge >= 0.3 is 0 Å². The lowest BCUT2D eigenvalue weighted by Gasteiger charge is -2.22. The molecule has 1 saturated carbocycles. The predicted molar refractivity (Wildman–Crippen MR) is 73.1 cm³/mol. The Balaban J connectivity index is 1.72. The van der Waals surface area contributed by atoms with Gasteiger partial charge in [0.15, 0.2) is 0 Å². The second kappa shape index (κ2) is 6.21. The van der Waals surface area contributed by atoms with E-state index in [0.29, 0.717) is 24.1 Å². The van der Waals surface area contributed by atoms with Crippen LogP contribution in [0.15, 0.2) is 18.3 Å². The van der Waals surface area contributed by atoms with Gasteiger partial charge in [0.2, 0.25) is 11.8 Å². The van der Waals surface area contributed by atoms with E-state index in [1.807, 2.05) is 0 Å². The standard InChI is InChI=1S/C13H18ClN3O2/c14-10-4-3-7-16-11(10)19-9-8-17-12(18)13(15)5-1-2-6-13/h3-4,7H,1-2,5-6,8-9,15H2,(H,17,18). The Morgan fingerprint density at radius 1 is 1.53 bits per heavy atom. The predicted octanol–water partition coefficient (Wildman–Crippen LogP) is 1.50. The van der Waals surface area contributed by atoms with E-state index < -0.39 is 5.54 Å². The number of halogens is 1. The Kier molecular flexibility index (Phi) is 4.61. The maximum atomic E-state index is 11.9. The fraction of sp³-hybridized carbons (Fsp3) is 0.538. The van der Waals surface area contributed by atoms with Gasteiger partial charge in [0.05, 0.1) is 12.1 Å². The topological polar surface area (TPSA) is 77.2 Å². The highest BCUT2D eigenvalue weighted by molar-refractivity contribution is 6.31. The van der Waals surface area contributed by atoms with Crippen molar-refractivity contribution in [2.24, 2.45) is 5.73 Å². The Hall–Kier alpha value is -1.33. The molecule has 2 rings (SSSR count). The monoisotopic (exact) mass is 283 g/mol. The number of nitrogens with one attached hydrogen (secondary N) is 1. The van der Waals surface area contributed by atoms with Crippen molar-refractivity contribution in [1.82, 2.24) is 10.3 Å². The summed E-state index contributed by atoms with van der Waals surface area (Å²) in [7, 11) is 0. The summed E-state index contributed by atoms with van der Waals surface area (Å²) in [6.07, 6.45) is 5.15. The van der Waals surface area contributed by atoms with E-state index in [4.69, 9.17) is 22.1 Å². The van der Waals surface area contributed by atoms with E-state index in [0.717, 1.165) is 25.7 Å². The highest BCUT2D eigenvalue weighted by Gasteiger charge is 2.36. The van der Waals surface area contributed by atoms with Crippen LogP contribution >= 0.6 is 11.6 Å². The Morgan fingerprint density at radius 2 is 2.26 bits per heavy atom. The van der Waals surface area contributed by atoms with Crippen molar-refractivity contribution in [3.8, 4) is 5.88 Å². The first-order valence-electron chi connectivity index (χ1n) is 6.42. The van der Waals surface area contributed by atoms with Crippen LogP contribution in [0, 0.1) is 0 Å². The number of pyridine rings is 1. The molecule has 104 valence electrons. The van der Waals surface area contributed by atoms with Crippen LogP contribution < -0.4 is 15.8 Å². The summed E-state index contributed by atoms with van der Waals surface area (Å²) in [6.45, 7) is 0.712. The number of hydrogen-bond donors (Lipinski definition) is 2. The molecule has 0 atom stereocenters. The van der Waals surface area contributed by atoms with Gasteiger partial charge in [0.1, 0.15) is 11.6 Å². The number of aromatic nitrogens is 1. The van der Waals surface area contributed by atoms with Gasteiger partial charge in [-0.2, -0.15) is 0 Å². The minimum absolute atomic E-state index is 0.0966. The first-order chi connectivity index (χ1) is 9.12. The average Bonchev–Trinajstić information content (AvgIpc) is 2.84. The molecule has 1 aromatic heterocycles. The molecule has 1 aliphatic carbocycles. The van der Waals surface area contributed by atoms with Crippen LogP contribution in [0.4, 0.5) is 0 Å². The number of nitrogens with two attached hydrogens (primary N) is 1. The largest absolute Gasteiger partial charge is 0.475 e. The fourth-order valence-electron chi connectivity index (χ4n) is 2.20. The molecule has 0 spiro atoms. The molecule has 0 unspecified atom stereocenters. The Bertz CT molecular complexity index is 447. The summed E-state index contributed by atoms with van der Waals surface area (Å²) >= 11 is 5.90. The molecule has 1 aliphatic rings. The Morgan fingerprint density at radius 3 is 2.95 bits per heavy atom. The zero-order chi connectivity index (χ0) is 13.7. The van der Waals surface area contributed by atoms with Crippen LogP contribution in [0.3, 0.4) is 0 Å². The molecule has 1 aromatic rings. The van der Waals surface area contributed by atoms with Gasteiger partial charge in [-0.3, -0.25) is 4.79 Å². The molecule has 1 amide bonds. The van der Waals surface area contributed by atoms with Crippen LogP contribution in [-0.4, -0.2) is 29.6 Å². The van der Waals surface area contributed by atoms with Crippen molar-refractivity contribution >= 4 is 17.5 Å². The van der Waals surface area contributed by atoms with E-state index in [1.165, 1.54) is 0 Å². The maximum Gasteiger partial charge on any atom is 0.240 e. The van der Waals surface area contributed by atoms with Crippen molar-refractivity contribution < 1.29 is 9.53 Å². The van der Waals surface area contributed by atoms with Crippen molar-refractivity contribution in [2.75, 3.05) is 13.2 Å². The molecule has 0 aliphatic heterocycles. The Labute approximate surface area is 117 Å². The van der Waals surface area contributed by atoms with Crippen molar-refractivity contribution in [3.05, 3.63) is 23.4 Å². The fourth-order valence-corrected chi connectivity index (χ4v) is 2.37. The SMILES string of the molecule is NC1(C(=O)NCCOc2ncccc2Cl)CCCC1. The summed E-state index contributed by atoms with van der Waals surface area (Å²) in [5.74, 6) is 0.280. The van der Waals surface area contributed by atoms with Crippen LogP contribution in [0.25, 0.3) is 0 Å². The van der Waals surface area contributed by atoms with E-state index in [-0.39, 0.29) is 5.91 Å². The van der Waals surface area contributed by atoms with Gasteiger partial charge in [0, 0.05) is 6.20 Å². The van der Waals surface area contributed by atoms with Crippen molar-refractivity contribution in [2.45, 2.75) is 31.2 Å². The molecule has 0 radical (unpaired) electrons. The van der Waals surface area contributed by atoms with Crippen LogP contribution in [0.5, 0.6) is 5.88 Å². The number of carbonyl (C=O) groups is 1. The lowest BCUT2D eigenvalue weighted by molar-refractivity contribution is -0.126. The molecule has 1 heterocycles. The van der Waals surface area contributed by atoms with E-state index >= 15 is 0 Å². The second-order valence-corrected chi connectivity index (χ2v) is 5.17. The van der Waals surface area contributed by atoms with Gasteiger partial charge in [-0.25, -0.2) is 4.98 Å². The van der Waals surface area contributed by atoms with Crippen molar-refractivity contribution in [3.63, 3.8) is 0 Å². The molecule has 1 fully saturated rings. The summed E-state index contributed by atoms with van der Waals surface area (Å²) in [6, 6.07) is 3.44. The first kappa shape index (κ1) is 14.1. The highest BCUT2D eigenvalue weighted by atomic mass is 35.5. The number of nitrogens with zero attached hydrogens (tertiary/aromatic N) is 1. The number of hydrogen-bond acceptors (Lipinski definition) is 4. The van der Waals surface area contributed by atoms with Crippen molar-refractivity contribution in [1.29, 1.82) is 0 Å². The third kappa shape index (κ3) is 3.58. The van der Waals surface area contributed by atoms with Gasteiger partial charge in [-0.05, 0) is 25.0 Å². The minimum Gasteiger partial charge on any atom is -0.475 e. The molecule has 0 saturated heterocycles. The summed E-state index contributed by atoms with van der Waals surface area (Å²) in [5, 5.41) is 3.25. The van der Waals surface area contributed by atoms with Gasteiger partial charge < -0.3 is 15.8 Å². The molecule has 0 bridgehead atoms. The maximum absolute atomic E-state index is 11.9. The second-order valence-electron chi connectivity index (χ2n) is 4.76. The zero-order valence-electron chi connectivity index (χ0n) is 10.7. The number of ether oxygens (including phenoxy) is 1. The van der Waals surface area contributed by atoms with Gasteiger partial charge in [-0.1, -0.05) is 24.4 Å². The van der Waals surface area contributed by atoms with Crippen LogP contribution in [-0.2, 0) is 4.79 Å². The molecular formula is C13H18ClN3O2. The van der Waals surface area contributed by atoms with E-state index in [1.54, 1.807) is 18.3 Å². The van der Waals surface area contributed by atoms with Crippen LogP contribution in [0.1, 0.15) is 25.7 Å². The normalized spacial score (nSPS) is 17.2. The van der Waals surface area contributed by atoms with Gasteiger partial charge in [0.25, 0.3) is 0 Å². The number of rotatable bonds is 5. The molecule has 3 N–H and O–H groups in total. The third-order valence-electron chi connectivity index (χ3n) is 3.30. The van der Waals surface area contributed by atoms with Gasteiger partial charge in [-0.15, -0.1) is 0 Å². The number of carbonyl (C=O) groups excluding carboxylic acids is 1. The lowest BCUT2D eigenvalue weighted by atomic mass is 9.98. The molecule has 5 nitrogen and oxygen atoms in total. The van der Waals surface area contributed by atoms with Crippen LogP contribution in [0.2, 0.25) is 5.02 Å². The van der Waals surface area contributed by atoms with E-state index in [9.17, 15) is 4.79 Å². The summed E-state index contributed by atoms with van der Waals surface area (Å²) in [4.78, 5) is 15.9. The number of amides is 1. The first-order valence-corrected chi connectivity index (χ1v) is 6.80. The van der Waals surface area contributed by atoms with E-state index in [2.05, 4.69) is 10.3 Å². The quantitative estimate of drug-likeness (QED) is 0.803. The summed E-state index contributed by atoms with van der Waals surface area (Å²) in [5.41, 5.74) is 5.34. The third-order valence-corrected chi connectivity index (χ3v) is 3.59.